The second kappa shape index (κ2) is 8.56. The van der Waals surface area contributed by atoms with E-state index in [4.69, 9.17) is 0 Å². The molecule has 2 saturated heterocycles. The SMILES string of the molecule is O=C1C2CN(CCCCC(F)(F)F)CCN2CCN1Cc1ccc(F)cc1. The van der Waals surface area contributed by atoms with E-state index in [1.807, 2.05) is 0 Å². The molecule has 3 rings (SSSR count). The van der Waals surface area contributed by atoms with Crippen molar-refractivity contribution in [3.05, 3.63) is 35.6 Å². The predicted molar refractivity (Wildman–Crippen MR) is 93.5 cm³/mol. The molecule has 4 nitrogen and oxygen atoms in total. The molecule has 1 aromatic carbocycles. The van der Waals surface area contributed by atoms with E-state index in [9.17, 15) is 22.4 Å². The molecule has 2 fully saturated rings. The lowest BCUT2D eigenvalue weighted by Crippen LogP contribution is -2.64. The van der Waals surface area contributed by atoms with Crippen molar-refractivity contribution < 1.29 is 22.4 Å². The molecule has 1 unspecified atom stereocenters. The maximum Gasteiger partial charge on any atom is 0.389 e. The molecule has 2 heterocycles. The van der Waals surface area contributed by atoms with E-state index in [0.717, 1.165) is 25.2 Å². The Morgan fingerprint density at radius 2 is 1.70 bits per heavy atom. The molecule has 0 saturated carbocycles. The number of unbranched alkanes of at least 4 members (excludes halogenated alkanes) is 1. The Labute approximate surface area is 156 Å². The Balaban J connectivity index is 1.51. The zero-order valence-electron chi connectivity index (χ0n) is 15.2. The molecule has 0 N–H and O–H groups in total. The molecule has 2 aliphatic heterocycles. The van der Waals surface area contributed by atoms with Crippen LogP contribution >= 0.6 is 0 Å². The van der Waals surface area contributed by atoms with Crippen LogP contribution in [0.3, 0.4) is 0 Å². The first-order valence-corrected chi connectivity index (χ1v) is 9.38. The Bertz CT molecular complexity index is 635. The number of hydrogen-bond acceptors (Lipinski definition) is 3. The Kier molecular flexibility index (Phi) is 6.37. The maximum atomic E-state index is 13.0. The van der Waals surface area contributed by atoms with Gasteiger partial charge in [-0.25, -0.2) is 4.39 Å². The summed E-state index contributed by atoms with van der Waals surface area (Å²) in [7, 11) is 0. The topological polar surface area (TPSA) is 26.8 Å². The quantitative estimate of drug-likeness (QED) is 0.555. The molecule has 1 atom stereocenters. The van der Waals surface area contributed by atoms with E-state index in [1.54, 1.807) is 17.0 Å². The van der Waals surface area contributed by atoms with Gasteiger partial charge in [0.1, 0.15) is 11.9 Å². The van der Waals surface area contributed by atoms with Gasteiger partial charge in [0.05, 0.1) is 0 Å². The summed E-state index contributed by atoms with van der Waals surface area (Å²) in [6, 6.07) is 5.90. The Morgan fingerprint density at radius 1 is 1.00 bits per heavy atom. The standard InChI is InChI=1S/C19H25F4N3O/c20-16-5-3-15(4-6-16)13-26-12-11-25-10-9-24(14-17(25)18(26)27)8-2-1-7-19(21,22)23/h3-6,17H,1-2,7-14H2. The number of carbonyl (C=O) groups excluding carboxylic acids is 1. The van der Waals surface area contributed by atoms with Crippen LogP contribution in [0.5, 0.6) is 0 Å². The third-order valence-electron chi connectivity index (χ3n) is 5.30. The maximum absolute atomic E-state index is 13.0. The number of amides is 1. The van der Waals surface area contributed by atoms with E-state index in [0.29, 0.717) is 32.6 Å². The van der Waals surface area contributed by atoms with Crippen LogP contribution in [0.4, 0.5) is 17.6 Å². The molecule has 1 amide bonds. The van der Waals surface area contributed by atoms with Gasteiger partial charge in [0, 0.05) is 45.7 Å². The number of hydrogen-bond donors (Lipinski definition) is 0. The van der Waals surface area contributed by atoms with Crippen LogP contribution in [-0.2, 0) is 11.3 Å². The number of carbonyl (C=O) groups is 1. The number of alkyl halides is 3. The summed E-state index contributed by atoms with van der Waals surface area (Å²) < 4.78 is 49.8. The molecule has 150 valence electrons. The minimum absolute atomic E-state index is 0.0468. The van der Waals surface area contributed by atoms with Crippen molar-refractivity contribution in [1.29, 1.82) is 0 Å². The number of nitrogens with zero attached hydrogens (tertiary/aromatic N) is 3. The van der Waals surface area contributed by atoms with Crippen molar-refractivity contribution in [3.8, 4) is 0 Å². The normalized spacial score (nSPS) is 22.1. The number of rotatable bonds is 6. The second-order valence-electron chi connectivity index (χ2n) is 7.31. The summed E-state index contributed by atoms with van der Waals surface area (Å²) in [5, 5.41) is 0. The lowest BCUT2D eigenvalue weighted by Gasteiger charge is -2.46. The molecule has 0 bridgehead atoms. The third-order valence-corrected chi connectivity index (χ3v) is 5.30. The zero-order valence-corrected chi connectivity index (χ0v) is 15.2. The van der Waals surface area contributed by atoms with Gasteiger partial charge < -0.3 is 4.90 Å². The van der Waals surface area contributed by atoms with E-state index >= 15 is 0 Å². The molecule has 8 heteroatoms. The highest BCUT2D eigenvalue weighted by Gasteiger charge is 2.38. The van der Waals surface area contributed by atoms with Gasteiger partial charge in [-0.05, 0) is 37.1 Å². The lowest BCUT2D eigenvalue weighted by molar-refractivity contribution is -0.145. The van der Waals surface area contributed by atoms with Crippen molar-refractivity contribution in [2.24, 2.45) is 0 Å². The fourth-order valence-corrected chi connectivity index (χ4v) is 3.78. The largest absolute Gasteiger partial charge is 0.389 e. The van der Waals surface area contributed by atoms with Crippen molar-refractivity contribution in [2.45, 2.75) is 38.0 Å². The van der Waals surface area contributed by atoms with Crippen LogP contribution in [0.2, 0.25) is 0 Å². The van der Waals surface area contributed by atoms with Gasteiger partial charge in [-0.3, -0.25) is 14.6 Å². The highest BCUT2D eigenvalue weighted by molar-refractivity contribution is 5.83. The van der Waals surface area contributed by atoms with E-state index < -0.39 is 12.6 Å². The molecule has 27 heavy (non-hydrogen) atoms. The van der Waals surface area contributed by atoms with Crippen molar-refractivity contribution >= 4 is 5.91 Å². The summed E-state index contributed by atoms with van der Waals surface area (Å²) in [6.07, 6.45) is -4.24. The summed E-state index contributed by atoms with van der Waals surface area (Å²) >= 11 is 0. The van der Waals surface area contributed by atoms with Gasteiger partial charge in [-0.15, -0.1) is 0 Å². The molecule has 0 radical (unpaired) electrons. The first kappa shape index (κ1) is 20.1. The fraction of sp³-hybridized carbons (Fsp3) is 0.632. The minimum Gasteiger partial charge on any atom is -0.336 e. The first-order valence-electron chi connectivity index (χ1n) is 9.38. The Hall–Kier alpha value is -1.67. The fourth-order valence-electron chi connectivity index (χ4n) is 3.78. The molecular formula is C19H25F4N3O. The van der Waals surface area contributed by atoms with Gasteiger partial charge in [-0.1, -0.05) is 12.1 Å². The van der Waals surface area contributed by atoms with Gasteiger partial charge in [0.25, 0.3) is 0 Å². The van der Waals surface area contributed by atoms with Crippen LogP contribution in [0, 0.1) is 5.82 Å². The number of benzene rings is 1. The number of fused-ring (bicyclic) bond motifs is 1. The molecule has 1 aromatic rings. The molecule has 0 aromatic heterocycles. The second-order valence-corrected chi connectivity index (χ2v) is 7.31. The van der Waals surface area contributed by atoms with E-state index in [1.165, 1.54) is 12.1 Å². The van der Waals surface area contributed by atoms with E-state index in [-0.39, 0.29) is 24.2 Å². The van der Waals surface area contributed by atoms with Gasteiger partial charge in [-0.2, -0.15) is 13.2 Å². The average molecular weight is 387 g/mol. The van der Waals surface area contributed by atoms with Gasteiger partial charge in [0.15, 0.2) is 0 Å². The first-order chi connectivity index (χ1) is 12.8. The van der Waals surface area contributed by atoms with Crippen LogP contribution in [-0.4, -0.2) is 72.1 Å². The van der Waals surface area contributed by atoms with Gasteiger partial charge >= 0.3 is 6.18 Å². The number of piperazine rings is 2. The highest BCUT2D eigenvalue weighted by Crippen LogP contribution is 2.23. The molecule has 2 aliphatic rings. The smallest absolute Gasteiger partial charge is 0.336 e. The Morgan fingerprint density at radius 3 is 2.41 bits per heavy atom. The summed E-state index contributed by atoms with van der Waals surface area (Å²) in [6.45, 7) is 4.58. The minimum atomic E-state index is -4.10. The number of halogens is 4. The highest BCUT2D eigenvalue weighted by atomic mass is 19.4. The van der Waals surface area contributed by atoms with Crippen molar-refractivity contribution in [3.63, 3.8) is 0 Å². The van der Waals surface area contributed by atoms with Crippen LogP contribution < -0.4 is 0 Å². The monoisotopic (exact) mass is 387 g/mol. The summed E-state index contributed by atoms with van der Waals surface area (Å²) in [5.74, 6) is -0.256. The predicted octanol–water partition coefficient (Wildman–Crippen LogP) is 2.89. The van der Waals surface area contributed by atoms with Crippen molar-refractivity contribution in [1.82, 2.24) is 14.7 Å². The third kappa shape index (κ3) is 5.65. The van der Waals surface area contributed by atoms with Crippen LogP contribution in [0.1, 0.15) is 24.8 Å². The van der Waals surface area contributed by atoms with E-state index in [2.05, 4.69) is 9.80 Å². The van der Waals surface area contributed by atoms with Gasteiger partial charge in [0.2, 0.25) is 5.91 Å². The average Bonchev–Trinajstić information content (AvgIpc) is 2.62. The van der Waals surface area contributed by atoms with Crippen molar-refractivity contribution in [2.75, 3.05) is 39.3 Å². The summed E-state index contributed by atoms with van der Waals surface area (Å²) in [4.78, 5) is 18.9. The lowest BCUT2D eigenvalue weighted by atomic mass is 10.1. The zero-order chi connectivity index (χ0) is 19.4. The molecular weight excluding hydrogens is 362 g/mol. The van der Waals surface area contributed by atoms with Crippen LogP contribution in [0.15, 0.2) is 24.3 Å². The molecule has 0 spiro atoms. The molecule has 0 aliphatic carbocycles. The summed E-state index contributed by atoms with van der Waals surface area (Å²) in [5.41, 5.74) is 0.887. The van der Waals surface area contributed by atoms with Crippen LogP contribution in [0.25, 0.3) is 0 Å².